The van der Waals surface area contributed by atoms with E-state index in [0.29, 0.717) is 17.1 Å². The predicted octanol–water partition coefficient (Wildman–Crippen LogP) is 1.44. The van der Waals surface area contributed by atoms with Crippen LogP contribution in [0, 0.1) is 13.8 Å². The number of primary amides is 1. The van der Waals surface area contributed by atoms with Gasteiger partial charge in [0.25, 0.3) is 5.91 Å². The van der Waals surface area contributed by atoms with Crippen molar-refractivity contribution in [1.29, 1.82) is 0 Å². The van der Waals surface area contributed by atoms with Gasteiger partial charge in [-0.15, -0.1) is 0 Å². The Bertz CT molecular complexity index is 605. The van der Waals surface area contributed by atoms with Crippen LogP contribution in [0.4, 0.5) is 5.82 Å². The van der Waals surface area contributed by atoms with Crippen molar-refractivity contribution in [2.45, 2.75) is 13.8 Å². The summed E-state index contributed by atoms with van der Waals surface area (Å²) >= 11 is 0. The molecule has 0 aliphatic heterocycles. The van der Waals surface area contributed by atoms with Crippen LogP contribution >= 0.6 is 0 Å². The number of aryl methyl sites for hydroxylation is 2. The fourth-order valence-electron chi connectivity index (χ4n) is 1.66. The first-order valence-electron chi connectivity index (χ1n) is 5.49. The van der Waals surface area contributed by atoms with E-state index in [1.165, 1.54) is 0 Å². The largest absolute Gasteiger partial charge is 0.384 e. The minimum Gasteiger partial charge on any atom is -0.384 e. The van der Waals surface area contributed by atoms with E-state index in [0.717, 1.165) is 16.8 Å². The Morgan fingerprint density at radius 2 is 2.00 bits per heavy atom. The number of amides is 1. The molecule has 0 saturated carbocycles. The van der Waals surface area contributed by atoms with Crippen LogP contribution in [0.25, 0.3) is 11.3 Å². The predicted molar refractivity (Wildman–Crippen MR) is 69.9 cm³/mol. The minimum absolute atomic E-state index is 0.393. The number of hydrogen-bond acceptors (Lipinski definition) is 4. The molecule has 18 heavy (non-hydrogen) atoms. The van der Waals surface area contributed by atoms with Crippen molar-refractivity contribution in [3.05, 3.63) is 41.2 Å². The average molecular weight is 242 g/mol. The summed E-state index contributed by atoms with van der Waals surface area (Å²) in [6, 6.07) is 5.18. The van der Waals surface area contributed by atoms with Crippen LogP contribution in [0.5, 0.6) is 0 Å². The summed E-state index contributed by atoms with van der Waals surface area (Å²) in [5.41, 5.74) is 14.3. The summed E-state index contributed by atoms with van der Waals surface area (Å²) in [7, 11) is 0. The molecule has 0 atom stereocenters. The van der Waals surface area contributed by atoms with E-state index >= 15 is 0 Å². The Morgan fingerprint density at radius 1 is 1.28 bits per heavy atom. The number of carbonyl (C=O) groups is 1. The van der Waals surface area contributed by atoms with Crippen molar-refractivity contribution in [3.8, 4) is 11.3 Å². The first kappa shape index (κ1) is 12.0. The van der Waals surface area contributed by atoms with Gasteiger partial charge in [-0.25, -0.2) is 4.98 Å². The highest BCUT2D eigenvalue weighted by Crippen LogP contribution is 2.23. The second kappa shape index (κ2) is 4.44. The van der Waals surface area contributed by atoms with E-state index in [2.05, 4.69) is 9.97 Å². The second-order valence-corrected chi connectivity index (χ2v) is 4.12. The van der Waals surface area contributed by atoms with Crippen molar-refractivity contribution in [2.75, 3.05) is 5.73 Å². The molecule has 0 aliphatic rings. The standard InChI is InChI=1S/C13H14N4O/c1-7-5-10(13(15)18)12(17-8(7)2)9-3-4-11(14)16-6-9/h3-6H,1-2H3,(H2,14,16)(H2,15,18). The molecule has 4 N–H and O–H groups in total. The lowest BCUT2D eigenvalue weighted by molar-refractivity contribution is 0.100. The second-order valence-electron chi connectivity index (χ2n) is 4.12. The maximum atomic E-state index is 11.5. The summed E-state index contributed by atoms with van der Waals surface area (Å²) in [5.74, 6) is -0.0827. The van der Waals surface area contributed by atoms with E-state index in [1.807, 2.05) is 13.8 Å². The molecule has 0 radical (unpaired) electrons. The SMILES string of the molecule is Cc1cc(C(N)=O)c(-c2ccc(N)nc2)nc1C. The van der Waals surface area contributed by atoms with Crippen molar-refractivity contribution < 1.29 is 4.79 Å². The number of nitrogens with zero attached hydrogens (tertiary/aromatic N) is 2. The molecule has 0 saturated heterocycles. The highest BCUT2D eigenvalue weighted by molar-refractivity contribution is 5.99. The number of rotatable bonds is 2. The van der Waals surface area contributed by atoms with Gasteiger partial charge in [-0.3, -0.25) is 9.78 Å². The number of anilines is 1. The summed E-state index contributed by atoms with van der Waals surface area (Å²) < 4.78 is 0. The Morgan fingerprint density at radius 3 is 2.56 bits per heavy atom. The molecule has 0 aliphatic carbocycles. The number of pyridine rings is 2. The van der Waals surface area contributed by atoms with Gasteiger partial charge in [-0.1, -0.05) is 0 Å². The minimum atomic E-state index is -0.502. The van der Waals surface area contributed by atoms with Gasteiger partial charge in [-0.05, 0) is 37.6 Å². The van der Waals surface area contributed by atoms with Gasteiger partial charge in [0.1, 0.15) is 5.82 Å². The topological polar surface area (TPSA) is 94.9 Å². The van der Waals surface area contributed by atoms with Gasteiger partial charge in [0, 0.05) is 17.5 Å². The number of nitrogens with two attached hydrogens (primary N) is 2. The Hall–Kier alpha value is -2.43. The van der Waals surface area contributed by atoms with Crippen LogP contribution in [-0.2, 0) is 0 Å². The molecular weight excluding hydrogens is 228 g/mol. The van der Waals surface area contributed by atoms with Crippen LogP contribution in [-0.4, -0.2) is 15.9 Å². The van der Waals surface area contributed by atoms with Crippen molar-refractivity contribution in [3.63, 3.8) is 0 Å². The van der Waals surface area contributed by atoms with Crippen LogP contribution in [0.15, 0.2) is 24.4 Å². The normalized spacial score (nSPS) is 10.3. The maximum Gasteiger partial charge on any atom is 0.250 e. The van der Waals surface area contributed by atoms with Crippen LogP contribution in [0.1, 0.15) is 21.6 Å². The highest BCUT2D eigenvalue weighted by Gasteiger charge is 2.13. The third kappa shape index (κ3) is 2.15. The monoisotopic (exact) mass is 242 g/mol. The van der Waals surface area contributed by atoms with Gasteiger partial charge in [0.05, 0.1) is 11.3 Å². The van der Waals surface area contributed by atoms with E-state index in [1.54, 1.807) is 24.4 Å². The molecule has 5 heteroatoms. The average Bonchev–Trinajstić information content (AvgIpc) is 2.33. The summed E-state index contributed by atoms with van der Waals surface area (Å²) in [5, 5.41) is 0. The molecule has 2 aromatic heterocycles. The number of carbonyl (C=O) groups excluding carboxylic acids is 1. The van der Waals surface area contributed by atoms with E-state index < -0.39 is 5.91 Å². The van der Waals surface area contributed by atoms with E-state index in [4.69, 9.17) is 11.5 Å². The first-order valence-corrected chi connectivity index (χ1v) is 5.49. The van der Waals surface area contributed by atoms with Gasteiger partial charge in [0.15, 0.2) is 0 Å². The third-order valence-corrected chi connectivity index (χ3v) is 2.79. The van der Waals surface area contributed by atoms with Crippen LogP contribution in [0.2, 0.25) is 0 Å². The Labute approximate surface area is 105 Å². The van der Waals surface area contributed by atoms with Crippen molar-refractivity contribution in [1.82, 2.24) is 9.97 Å². The molecular formula is C13H14N4O. The summed E-state index contributed by atoms with van der Waals surface area (Å²) in [6.07, 6.45) is 1.58. The summed E-state index contributed by atoms with van der Waals surface area (Å²) in [4.78, 5) is 19.9. The highest BCUT2D eigenvalue weighted by atomic mass is 16.1. The van der Waals surface area contributed by atoms with Crippen molar-refractivity contribution in [2.24, 2.45) is 5.73 Å². The smallest absolute Gasteiger partial charge is 0.250 e. The number of nitrogen functional groups attached to an aromatic ring is 1. The third-order valence-electron chi connectivity index (χ3n) is 2.79. The summed E-state index contributed by atoms with van der Waals surface area (Å²) in [6.45, 7) is 3.77. The molecule has 2 aromatic rings. The zero-order valence-electron chi connectivity index (χ0n) is 10.3. The molecule has 0 bridgehead atoms. The van der Waals surface area contributed by atoms with Crippen LogP contribution < -0.4 is 11.5 Å². The fourth-order valence-corrected chi connectivity index (χ4v) is 1.66. The molecule has 0 aromatic carbocycles. The number of aromatic nitrogens is 2. The lowest BCUT2D eigenvalue weighted by atomic mass is 10.0. The lowest BCUT2D eigenvalue weighted by Crippen LogP contribution is -2.14. The maximum absolute atomic E-state index is 11.5. The van der Waals surface area contributed by atoms with Gasteiger partial charge < -0.3 is 11.5 Å². The lowest BCUT2D eigenvalue weighted by Gasteiger charge is -2.09. The zero-order chi connectivity index (χ0) is 13.3. The Balaban J connectivity index is 2.65. The molecule has 92 valence electrons. The molecule has 1 amide bonds. The van der Waals surface area contributed by atoms with Crippen LogP contribution in [0.3, 0.4) is 0 Å². The Kier molecular flexibility index (Phi) is 2.97. The quantitative estimate of drug-likeness (QED) is 0.833. The van der Waals surface area contributed by atoms with Gasteiger partial charge in [0.2, 0.25) is 0 Å². The molecule has 0 spiro atoms. The first-order chi connectivity index (χ1) is 8.49. The fraction of sp³-hybridized carbons (Fsp3) is 0.154. The van der Waals surface area contributed by atoms with E-state index in [9.17, 15) is 4.79 Å². The van der Waals surface area contributed by atoms with Crippen molar-refractivity contribution >= 4 is 11.7 Å². The van der Waals surface area contributed by atoms with E-state index in [-0.39, 0.29) is 0 Å². The molecule has 0 unspecified atom stereocenters. The molecule has 2 rings (SSSR count). The molecule has 0 fully saturated rings. The number of hydrogen-bond donors (Lipinski definition) is 2. The van der Waals surface area contributed by atoms with Gasteiger partial charge >= 0.3 is 0 Å². The zero-order valence-corrected chi connectivity index (χ0v) is 10.3. The van der Waals surface area contributed by atoms with Gasteiger partial charge in [-0.2, -0.15) is 0 Å². The molecule has 5 nitrogen and oxygen atoms in total. The molecule has 2 heterocycles.